The third-order valence-corrected chi connectivity index (χ3v) is 3.00. The SMILES string of the molecule is CC(=O)NC1CC(C)(C)[N+](=O)C(C)(C)C1. The maximum atomic E-state index is 12.0. The fraction of sp³-hybridized carbons (Fsp3) is 0.909. The average Bonchev–Trinajstić information content (AvgIpc) is 1.97. The maximum Gasteiger partial charge on any atom is 0.217 e. The summed E-state index contributed by atoms with van der Waals surface area (Å²) in [6.07, 6.45) is 1.42. The minimum atomic E-state index is -0.408. The molecule has 1 aliphatic heterocycles. The van der Waals surface area contributed by atoms with E-state index in [0.29, 0.717) is 12.8 Å². The van der Waals surface area contributed by atoms with Crippen molar-refractivity contribution in [2.75, 3.05) is 0 Å². The molecule has 1 amide bonds. The van der Waals surface area contributed by atoms with Gasteiger partial charge in [0.1, 0.15) is 0 Å². The molecule has 0 aromatic carbocycles. The van der Waals surface area contributed by atoms with E-state index < -0.39 is 11.1 Å². The molecule has 4 heteroatoms. The summed E-state index contributed by atoms with van der Waals surface area (Å²) in [5.74, 6) is -0.0223. The topological polar surface area (TPSA) is 49.2 Å². The molecule has 0 atom stereocenters. The molecule has 0 radical (unpaired) electrons. The molecule has 0 saturated carbocycles. The second kappa shape index (κ2) is 3.58. The molecule has 0 spiro atoms. The predicted octanol–water partition coefficient (Wildman–Crippen LogP) is 1.62. The van der Waals surface area contributed by atoms with E-state index in [1.807, 2.05) is 27.7 Å². The van der Waals surface area contributed by atoms with Crippen LogP contribution in [0.15, 0.2) is 0 Å². The molecule has 1 rings (SSSR count). The highest BCUT2D eigenvalue weighted by molar-refractivity contribution is 5.73. The molecule has 0 aliphatic carbocycles. The van der Waals surface area contributed by atoms with Gasteiger partial charge in [-0.05, 0) is 0 Å². The van der Waals surface area contributed by atoms with Crippen molar-refractivity contribution in [2.24, 2.45) is 0 Å². The Morgan fingerprint density at radius 2 is 1.60 bits per heavy atom. The zero-order chi connectivity index (χ0) is 11.9. The zero-order valence-electron chi connectivity index (χ0n) is 10.3. The fourth-order valence-electron chi connectivity index (χ4n) is 2.65. The Labute approximate surface area is 91.0 Å². The maximum absolute atomic E-state index is 12.0. The van der Waals surface area contributed by atoms with Crippen molar-refractivity contribution >= 4 is 5.91 Å². The van der Waals surface area contributed by atoms with Gasteiger partial charge in [-0.3, -0.25) is 4.79 Å². The van der Waals surface area contributed by atoms with Crippen LogP contribution < -0.4 is 5.32 Å². The normalized spacial score (nSPS) is 25.0. The van der Waals surface area contributed by atoms with Gasteiger partial charge in [0.25, 0.3) is 0 Å². The Kier molecular flexibility index (Phi) is 2.90. The first kappa shape index (κ1) is 12.1. The third-order valence-electron chi connectivity index (χ3n) is 3.00. The number of amides is 1. The number of nitroso groups, excluding NO2 is 1. The van der Waals surface area contributed by atoms with Gasteiger partial charge >= 0.3 is 0 Å². The van der Waals surface area contributed by atoms with Gasteiger partial charge in [-0.1, -0.05) is 0 Å². The molecule has 86 valence electrons. The minimum absolute atomic E-state index is 0.0223. The summed E-state index contributed by atoms with van der Waals surface area (Å²) in [6, 6.07) is 0.109. The molecule has 1 fully saturated rings. The van der Waals surface area contributed by atoms with E-state index in [1.165, 1.54) is 6.92 Å². The Balaban J connectivity index is 2.84. The molecular weight excluding hydrogens is 192 g/mol. The standard InChI is InChI=1S/C11H20N2O2/c1-8(14)12-9-6-10(2,3)13(15)11(4,5)7-9/h9H,6-7H2,1-5H3/p+1. The van der Waals surface area contributed by atoms with E-state index in [1.54, 1.807) is 0 Å². The molecule has 0 aromatic rings. The molecule has 15 heavy (non-hydrogen) atoms. The van der Waals surface area contributed by atoms with Crippen LogP contribution in [0.1, 0.15) is 47.5 Å². The number of rotatable bonds is 1. The second-order valence-electron chi connectivity index (χ2n) is 5.72. The van der Waals surface area contributed by atoms with Crippen molar-refractivity contribution in [3.8, 4) is 0 Å². The lowest BCUT2D eigenvalue weighted by Crippen LogP contribution is -2.58. The summed E-state index contributed by atoms with van der Waals surface area (Å²) in [4.78, 5) is 23.0. The number of hydrogen-bond acceptors (Lipinski definition) is 2. The van der Waals surface area contributed by atoms with Crippen molar-refractivity contribution < 1.29 is 9.55 Å². The van der Waals surface area contributed by atoms with Crippen LogP contribution in [0.25, 0.3) is 0 Å². The Morgan fingerprint density at radius 1 is 1.20 bits per heavy atom. The highest BCUT2D eigenvalue weighted by atomic mass is 16.3. The lowest BCUT2D eigenvalue weighted by molar-refractivity contribution is -0.693. The average molecular weight is 213 g/mol. The molecule has 4 nitrogen and oxygen atoms in total. The molecule has 1 saturated heterocycles. The summed E-state index contributed by atoms with van der Waals surface area (Å²) in [7, 11) is 0. The molecule has 0 aromatic heterocycles. The van der Waals surface area contributed by atoms with E-state index in [-0.39, 0.29) is 11.9 Å². The smallest absolute Gasteiger partial charge is 0.217 e. The van der Waals surface area contributed by atoms with Crippen molar-refractivity contribution in [2.45, 2.75) is 64.6 Å². The van der Waals surface area contributed by atoms with Crippen molar-refractivity contribution in [1.29, 1.82) is 0 Å². The molecule has 1 aliphatic rings. The summed E-state index contributed by atoms with van der Waals surface area (Å²) in [5, 5.41) is 2.91. The van der Waals surface area contributed by atoms with Gasteiger partial charge in [-0.25, -0.2) is 0 Å². The summed E-state index contributed by atoms with van der Waals surface area (Å²) >= 11 is 0. The monoisotopic (exact) mass is 213 g/mol. The molecule has 1 heterocycles. The third kappa shape index (κ3) is 2.55. The van der Waals surface area contributed by atoms with E-state index >= 15 is 0 Å². The summed E-state index contributed by atoms with van der Waals surface area (Å²) in [6.45, 7) is 9.22. The highest BCUT2D eigenvalue weighted by Gasteiger charge is 2.53. The number of hydrogen-bond donors (Lipinski definition) is 1. The van der Waals surface area contributed by atoms with Gasteiger partial charge in [-0.15, -0.1) is 0 Å². The number of nitrogens with zero attached hydrogens (tertiary/aromatic N) is 1. The molecule has 0 unspecified atom stereocenters. The second-order valence-corrected chi connectivity index (χ2v) is 5.72. The zero-order valence-corrected chi connectivity index (χ0v) is 10.3. The van der Waals surface area contributed by atoms with Crippen LogP contribution in [0, 0.1) is 4.91 Å². The Bertz CT molecular complexity index is 275. The first-order valence-corrected chi connectivity index (χ1v) is 5.40. The summed E-state index contributed by atoms with van der Waals surface area (Å²) in [5.41, 5.74) is -0.816. The van der Waals surface area contributed by atoms with Crippen LogP contribution in [-0.2, 0) is 4.79 Å². The van der Waals surface area contributed by atoms with E-state index in [9.17, 15) is 9.70 Å². The van der Waals surface area contributed by atoms with E-state index in [0.717, 1.165) is 4.76 Å². The quantitative estimate of drug-likeness (QED) is 0.673. The Morgan fingerprint density at radius 3 is 1.93 bits per heavy atom. The number of carbonyl (C=O) groups excluding carboxylic acids is 1. The number of nitrogens with one attached hydrogen (secondary N) is 1. The Hall–Kier alpha value is -0.930. The van der Waals surface area contributed by atoms with Gasteiger partial charge in [0.2, 0.25) is 17.0 Å². The first-order valence-electron chi connectivity index (χ1n) is 5.40. The van der Waals surface area contributed by atoms with Crippen LogP contribution in [0.4, 0.5) is 0 Å². The van der Waals surface area contributed by atoms with Gasteiger partial charge in [-0.2, -0.15) is 0 Å². The van der Waals surface area contributed by atoms with Crippen LogP contribution in [-0.4, -0.2) is 27.8 Å². The van der Waals surface area contributed by atoms with Crippen LogP contribution >= 0.6 is 0 Å². The summed E-state index contributed by atoms with van der Waals surface area (Å²) < 4.78 is 1.16. The molecule has 1 N–H and O–H groups in total. The fourth-order valence-corrected chi connectivity index (χ4v) is 2.65. The van der Waals surface area contributed by atoms with Gasteiger partial charge in [0.05, 0.1) is 0 Å². The molecule has 0 bridgehead atoms. The largest absolute Gasteiger partial charge is 0.353 e. The predicted molar refractivity (Wildman–Crippen MR) is 58.6 cm³/mol. The lowest BCUT2D eigenvalue weighted by Gasteiger charge is -2.36. The number of piperidine rings is 1. The molecular formula is C11H21N2O2+. The van der Waals surface area contributed by atoms with Gasteiger partial charge in [0.15, 0.2) is 0 Å². The highest BCUT2D eigenvalue weighted by Crippen LogP contribution is 2.34. The minimum Gasteiger partial charge on any atom is -0.353 e. The van der Waals surface area contributed by atoms with Crippen molar-refractivity contribution in [3.63, 3.8) is 0 Å². The van der Waals surface area contributed by atoms with E-state index in [2.05, 4.69) is 5.32 Å². The van der Waals surface area contributed by atoms with Crippen molar-refractivity contribution in [1.82, 2.24) is 5.32 Å². The van der Waals surface area contributed by atoms with Crippen LogP contribution in [0.3, 0.4) is 0 Å². The van der Waals surface area contributed by atoms with Gasteiger partial charge in [0, 0.05) is 63.2 Å². The van der Waals surface area contributed by atoms with Crippen LogP contribution in [0.5, 0.6) is 0 Å². The van der Waals surface area contributed by atoms with Gasteiger partial charge < -0.3 is 5.32 Å². The lowest BCUT2D eigenvalue weighted by atomic mass is 9.79. The van der Waals surface area contributed by atoms with Crippen LogP contribution in [0.2, 0.25) is 0 Å². The first-order chi connectivity index (χ1) is 6.65. The number of carbonyl (C=O) groups is 1. The van der Waals surface area contributed by atoms with Crippen molar-refractivity contribution in [3.05, 3.63) is 4.91 Å². The van der Waals surface area contributed by atoms with E-state index in [4.69, 9.17) is 0 Å².